The normalized spacial score (nSPS) is 15.6. The summed E-state index contributed by atoms with van der Waals surface area (Å²) in [5, 5.41) is 5.25. The number of benzene rings is 1. The molecule has 0 spiro atoms. The van der Waals surface area contributed by atoms with Gasteiger partial charge in [0.2, 0.25) is 10.0 Å². The molecule has 1 aliphatic rings. The fourth-order valence-electron chi connectivity index (χ4n) is 2.51. The molecule has 1 aromatic carbocycles. The number of rotatable bonds is 4. The third-order valence-corrected chi connectivity index (χ3v) is 4.75. The SMILES string of the molecule is CC(C)C1=CC(=Nc2ccccc2S(N)(=O)=O)C=C(C(C)C)C1=O. The highest BCUT2D eigenvalue weighted by atomic mass is 32.2. The van der Waals surface area contributed by atoms with Crippen LogP contribution in [0.1, 0.15) is 27.7 Å². The van der Waals surface area contributed by atoms with E-state index in [4.69, 9.17) is 5.14 Å². The molecule has 1 aromatic rings. The number of aliphatic imine (C=N–C) groups is 1. The molecule has 2 rings (SSSR count). The Morgan fingerprint density at radius 3 is 1.92 bits per heavy atom. The minimum atomic E-state index is -3.87. The van der Waals surface area contributed by atoms with Crippen LogP contribution in [0.5, 0.6) is 0 Å². The van der Waals surface area contributed by atoms with Gasteiger partial charge < -0.3 is 0 Å². The fraction of sp³-hybridized carbons (Fsp3) is 0.333. The average Bonchev–Trinajstić information content (AvgIpc) is 2.47. The Balaban J connectivity index is 2.63. The molecule has 24 heavy (non-hydrogen) atoms. The maximum Gasteiger partial charge on any atom is 0.240 e. The summed E-state index contributed by atoms with van der Waals surface area (Å²) in [7, 11) is -3.87. The van der Waals surface area contributed by atoms with Crippen molar-refractivity contribution in [3.63, 3.8) is 0 Å². The first-order valence-corrected chi connectivity index (χ1v) is 9.34. The molecular formula is C18H22N2O3S. The van der Waals surface area contributed by atoms with Gasteiger partial charge in [0.25, 0.3) is 0 Å². The monoisotopic (exact) mass is 346 g/mol. The zero-order valence-corrected chi connectivity index (χ0v) is 15.1. The molecule has 0 aromatic heterocycles. The standard InChI is InChI=1S/C18H22N2O3S/c1-11(2)14-9-13(10-15(12(3)4)18(14)21)20-16-7-5-6-8-17(16)24(19,22)23/h5-12H,1-4H3,(H2,19,22,23). The maximum absolute atomic E-state index is 12.5. The number of sulfonamides is 1. The Labute approximate surface area is 143 Å². The van der Waals surface area contributed by atoms with Gasteiger partial charge in [0, 0.05) is 11.1 Å². The van der Waals surface area contributed by atoms with Crippen molar-refractivity contribution in [2.75, 3.05) is 0 Å². The number of carbonyl (C=O) groups excluding carboxylic acids is 1. The summed E-state index contributed by atoms with van der Waals surface area (Å²) in [4.78, 5) is 16.9. The van der Waals surface area contributed by atoms with Crippen LogP contribution in [0.4, 0.5) is 5.69 Å². The molecule has 0 aliphatic heterocycles. The smallest absolute Gasteiger partial charge is 0.240 e. The summed E-state index contributed by atoms with van der Waals surface area (Å²) in [5.41, 5.74) is 2.17. The topological polar surface area (TPSA) is 89.6 Å². The fourth-order valence-corrected chi connectivity index (χ4v) is 3.18. The molecule has 0 atom stereocenters. The summed E-state index contributed by atoms with van der Waals surface area (Å²) in [6.07, 6.45) is 3.44. The minimum Gasteiger partial charge on any atom is -0.289 e. The zero-order valence-electron chi connectivity index (χ0n) is 14.3. The molecule has 0 saturated heterocycles. The molecule has 6 heteroatoms. The largest absolute Gasteiger partial charge is 0.289 e. The molecule has 0 saturated carbocycles. The van der Waals surface area contributed by atoms with Crippen molar-refractivity contribution in [2.24, 2.45) is 22.0 Å². The highest BCUT2D eigenvalue weighted by Gasteiger charge is 2.25. The Kier molecular flexibility index (Phi) is 5.20. The first kappa shape index (κ1) is 18.3. The zero-order chi connectivity index (χ0) is 18.1. The quantitative estimate of drug-likeness (QED) is 0.849. The van der Waals surface area contributed by atoms with Gasteiger partial charge in [-0.2, -0.15) is 0 Å². The van der Waals surface area contributed by atoms with E-state index in [1.54, 1.807) is 30.4 Å². The number of carbonyl (C=O) groups is 1. The van der Waals surface area contributed by atoms with Crippen LogP contribution in [0, 0.1) is 11.8 Å². The molecule has 0 radical (unpaired) electrons. The summed E-state index contributed by atoms with van der Waals surface area (Å²) >= 11 is 0. The van der Waals surface area contributed by atoms with Crippen molar-refractivity contribution >= 4 is 27.2 Å². The molecule has 0 heterocycles. The number of hydrogen-bond donors (Lipinski definition) is 1. The van der Waals surface area contributed by atoms with Crippen molar-refractivity contribution < 1.29 is 13.2 Å². The summed E-state index contributed by atoms with van der Waals surface area (Å²) in [6.45, 7) is 7.79. The van der Waals surface area contributed by atoms with Gasteiger partial charge in [-0.15, -0.1) is 0 Å². The molecule has 0 amide bonds. The number of nitrogens with zero attached hydrogens (tertiary/aromatic N) is 1. The molecule has 0 bridgehead atoms. The second-order valence-electron chi connectivity index (χ2n) is 6.39. The molecule has 2 N–H and O–H groups in total. The number of hydrogen-bond acceptors (Lipinski definition) is 4. The van der Waals surface area contributed by atoms with E-state index in [1.165, 1.54) is 6.07 Å². The third kappa shape index (κ3) is 3.88. The summed E-state index contributed by atoms with van der Waals surface area (Å²) in [6, 6.07) is 6.30. The van der Waals surface area contributed by atoms with Gasteiger partial charge in [-0.05, 0) is 36.1 Å². The first-order chi connectivity index (χ1) is 11.1. The number of ketones is 1. The highest BCUT2D eigenvalue weighted by molar-refractivity contribution is 7.89. The van der Waals surface area contributed by atoms with E-state index in [0.717, 1.165) is 0 Å². The van der Waals surface area contributed by atoms with Gasteiger partial charge in [-0.1, -0.05) is 39.8 Å². The van der Waals surface area contributed by atoms with Gasteiger partial charge in [0.05, 0.1) is 11.4 Å². The molecular weight excluding hydrogens is 324 g/mol. The van der Waals surface area contributed by atoms with Crippen LogP contribution < -0.4 is 5.14 Å². The first-order valence-electron chi connectivity index (χ1n) is 7.79. The molecule has 0 unspecified atom stereocenters. The second kappa shape index (κ2) is 6.83. The number of Topliss-reactive ketones (excluding diaryl/α,β-unsaturated/α-hetero) is 1. The predicted octanol–water partition coefficient (Wildman–Crippen LogP) is 3.15. The lowest BCUT2D eigenvalue weighted by atomic mass is 9.84. The Morgan fingerprint density at radius 2 is 1.46 bits per heavy atom. The van der Waals surface area contributed by atoms with Crippen LogP contribution in [0.3, 0.4) is 0 Å². The number of allylic oxidation sites excluding steroid dienone is 4. The molecule has 5 nitrogen and oxygen atoms in total. The average molecular weight is 346 g/mol. The summed E-state index contributed by atoms with van der Waals surface area (Å²) < 4.78 is 23.4. The lowest BCUT2D eigenvalue weighted by Crippen LogP contribution is -2.21. The number of nitrogens with two attached hydrogens (primary N) is 1. The van der Waals surface area contributed by atoms with Crippen molar-refractivity contribution in [3.05, 3.63) is 47.6 Å². The van der Waals surface area contributed by atoms with E-state index >= 15 is 0 Å². The summed E-state index contributed by atoms with van der Waals surface area (Å²) in [5.74, 6) is 0.135. The van der Waals surface area contributed by atoms with Crippen LogP contribution in [0.2, 0.25) is 0 Å². The molecule has 128 valence electrons. The van der Waals surface area contributed by atoms with Gasteiger partial charge >= 0.3 is 0 Å². The van der Waals surface area contributed by atoms with Crippen molar-refractivity contribution in [1.29, 1.82) is 0 Å². The van der Waals surface area contributed by atoms with Crippen LogP contribution in [-0.4, -0.2) is 19.9 Å². The Morgan fingerprint density at radius 1 is 0.958 bits per heavy atom. The van der Waals surface area contributed by atoms with E-state index in [0.29, 0.717) is 16.9 Å². The van der Waals surface area contributed by atoms with Crippen molar-refractivity contribution in [3.8, 4) is 0 Å². The van der Waals surface area contributed by atoms with Gasteiger partial charge in [0.15, 0.2) is 5.78 Å². The van der Waals surface area contributed by atoms with Crippen LogP contribution >= 0.6 is 0 Å². The van der Waals surface area contributed by atoms with Gasteiger partial charge in [0.1, 0.15) is 4.90 Å². The van der Waals surface area contributed by atoms with Gasteiger partial charge in [-0.3, -0.25) is 4.79 Å². The second-order valence-corrected chi connectivity index (χ2v) is 7.92. The Bertz CT molecular complexity index is 830. The van der Waals surface area contributed by atoms with E-state index in [9.17, 15) is 13.2 Å². The number of primary sulfonamides is 1. The predicted molar refractivity (Wildman–Crippen MR) is 95.8 cm³/mol. The van der Waals surface area contributed by atoms with Crippen molar-refractivity contribution in [2.45, 2.75) is 32.6 Å². The molecule has 0 fully saturated rings. The molecule has 1 aliphatic carbocycles. The lowest BCUT2D eigenvalue weighted by molar-refractivity contribution is -0.113. The minimum absolute atomic E-state index is 0.0266. The van der Waals surface area contributed by atoms with E-state index in [2.05, 4.69) is 4.99 Å². The van der Waals surface area contributed by atoms with Crippen LogP contribution in [0.25, 0.3) is 0 Å². The van der Waals surface area contributed by atoms with E-state index in [-0.39, 0.29) is 28.2 Å². The van der Waals surface area contributed by atoms with E-state index < -0.39 is 10.0 Å². The highest BCUT2D eigenvalue weighted by Crippen LogP contribution is 2.28. The third-order valence-electron chi connectivity index (χ3n) is 3.80. The van der Waals surface area contributed by atoms with Gasteiger partial charge in [-0.25, -0.2) is 18.5 Å². The van der Waals surface area contributed by atoms with Crippen LogP contribution in [0.15, 0.2) is 57.5 Å². The maximum atomic E-state index is 12.5. The lowest BCUT2D eigenvalue weighted by Gasteiger charge is -2.20. The number of para-hydroxylation sites is 1. The Hall–Kier alpha value is -2.05. The van der Waals surface area contributed by atoms with Crippen LogP contribution in [-0.2, 0) is 14.8 Å². The van der Waals surface area contributed by atoms with Crippen molar-refractivity contribution in [1.82, 2.24) is 0 Å². The van der Waals surface area contributed by atoms with E-state index in [1.807, 2.05) is 27.7 Å².